The van der Waals surface area contributed by atoms with Crippen LogP contribution in [0.1, 0.15) is 11.1 Å². The zero-order chi connectivity index (χ0) is 21.3. The molecular formula is C22H17Cl3N2O3. The molecule has 0 unspecified atom stereocenters. The topological polar surface area (TPSA) is 59.9 Å². The highest BCUT2D eigenvalue weighted by atomic mass is 35.5. The van der Waals surface area contributed by atoms with E-state index in [1.165, 1.54) is 6.21 Å². The standard InChI is InChI=1S/C22H17Cl3N2O3/c23-17-10-8-15(9-11-17)13-29-19-6-2-1-4-16(19)12-26-27-21(28)14-30-20-7-3-5-18(24)22(20)25/h1-12H,13-14H2,(H,27,28)/b26-12+. The number of halogens is 3. The summed E-state index contributed by atoms with van der Waals surface area (Å²) in [5.74, 6) is 0.513. The highest BCUT2D eigenvalue weighted by molar-refractivity contribution is 6.42. The molecule has 0 heterocycles. The summed E-state index contributed by atoms with van der Waals surface area (Å²) in [5.41, 5.74) is 4.10. The summed E-state index contributed by atoms with van der Waals surface area (Å²) < 4.78 is 11.2. The Labute approximate surface area is 189 Å². The van der Waals surface area contributed by atoms with E-state index in [1.807, 2.05) is 48.5 Å². The average molecular weight is 464 g/mol. The Morgan fingerprint density at radius 3 is 2.43 bits per heavy atom. The van der Waals surface area contributed by atoms with Gasteiger partial charge < -0.3 is 9.47 Å². The second-order valence-corrected chi connectivity index (χ2v) is 7.31. The number of amides is 1. The van der Waals surface area contributed by atoms with Crippen LogP contribution in [0.4, 0.5) is 0 Å². The van der Waals surface area contributed by atoms with Crippen LogP contribution in [0.2, 0.25) is 15.1 Å². The number of rotatable bonds is 8. The Morgan fingerprint density at radius 2 is 1.63 bits per heavy atom. The molecule has 154 valence electrons. The second kappa shape index (κ2) is 10.9. The Balaban J connectivity index is 1.53. The summed E-state index contributed by atoms with van der Waals surface area (Å²) in [7, 11) is 0. The molecule has 0 spiro atoms. The monoisotopic (exact) mass is 462 g/mol. The van der Waals surface area contributed by atoms with Crippen molar-refractivity contribution in [2.75, 3.05) is 6.61 Å². The maximum Gasteiger partial charge on any atom is 0.277 e. The summed E-state index contributed by atoms with van der Waals surface area (Å²) in [6.45, 7) is 0.120. The van der Waals surface area contributed by atoms with Crippen molar-refractivity contribution in [1.29, 1.82) is 0 Å². The molecule has 0 radical (unpaired) electrons. The van der Waals surface area contributed by atoms with Gasteiger partial charge in [-0.05, 0) is 42.0 Å². The van der Waals surface area contributed by atoms with Crippen LogP contribution in [0, 0.1) is 0 Å². The third-order valence-corrected chi connectivity index (χ3v) is 4.95. The van der Waals surface area contributed by atoms with Gasteiger partial charge in [-0.3, -0.25) is 4.79 Å². The molecule has 3 aromatic rings. The SMILES string of the molecule is O=C(COc1cccc(Cl)c1Cl)N/N=C/c1ccccc1OCc1ccc(Cl)cc1. The molecule has 30 heavy (non-hydrogen) atoms. The third-order valence-electron chi connectivity index (χ3n) is 3.89. The zero-order valence-corrected chi connectivity index (χ0v) is 17.9. The van der Waals surface area contributed by atoms with Gasteiger partial charge in [0, 0.05) is 10.6 Å². The number of ether oxygens (including phenoxy) is 2. The van der Waals surface area contributed by atoms with Gasteiger partial charge in [0.15, 0.2) is 6.61 Å². The summed E-state index contributed by atoms with van der Waals surface area (Å²) in [6, 6.07) is 19.7. The van der Waals surface area contributed by atoms with E-state index in [2.05, 4.69) is 10.5 Å². The van der Waals surface area contributed by atoms with E-state index in [-0.39, 0.29) is 11.6 Å². The van der Waals surface area contributed by atoms with Crippen LogP contribution < -0.4 is 14.9 Å². The minimum absolute atomic E-state index is 0.252. The van der Waals surface area contributed by atoms with E-state index in [4.69, 9.17) is 44.3 Å². The van der Waals surface area contributed by atoms with Crippen LogP contribution in [0.5, 0.6) is 11.5 Å². The first-order valence-corrected chi connectivity index (χ1v) is 10.0. The average Bonchev–Trinajstić information content (AvgIpc) is 2.75. The molecular weight excluding hydrogens is 447 g/mol. The number of nitrogens with one attached hydrogen (secondary N) is 1. The summed E-state index contributed by atoms with van der Waals surface area (Å²) >= 11 is 17.8. The van der Waals surface area contributed by atoms with Gasteiger partial charge in [-0.15, -0.1) is 0 Å². The minimum Gasteiger partial charge on any atom is -0.488 e. The number of carbonyl (C=O) groups excluding carboxylic acids is 1. The molecule has 0 atom stereocenters. The van der Waals surface area contributed by atoms with Crippen molar-refractivity contribution in [3.8, 4) is 11.5 Å². The molecule has 3 rings (SSSR count). The molecule has 0 aliphatic heterocycles. The lowest BCUT2D eigenvalue weighted by atomic mass is 10.2. The van der Waals surface area contributed by atoms with E-state index < -0.39 is 5.91 Å². The van der Waals surface area contributed by atoms with Gasteiger partial charge in [0.2, 0.25) is 0 Å². The van der Waals surface area contributed by atoms with E-state index in [1.54, 1.807) is 18.2 Å². The number of para-hydroxylation sites is 1. The molecule has 1 amide bonds. The molecule has 0 aromatic heterocycles. The van der Waals surface area contributed by atoms with Gasteiger partial charge in [-0.1, -0.05) is 65.1 Å². The van der Waals surface area contributed by atoms with E-state index in [0.29, 0.717) is 33.7 Å². The van der Waals surface area contributed by atoms with Crippen LogP contribution in [0.25, 0.3) is 0 Å². The van der Waals surface area contributed by atoms with Gasteiger partial charge in [0.25, 0.3) is 5.91 Å². The van der Waals surface area contributed by atoms with Crippen LogP contribution in [0.3, 0.4) is 0 Å². The number of hydrogen-bond acceptors (Lipinski definition) is 4. The van der Waals surface area contributed by atoms with Crippen molar-refractivity contribution in [1.82, 2.24) is 5.43 Å². The van der Waals surface area contributed by atoms with Gasteiger partial charge in [0.05, 0.1) is 11.2 Å². The maximum atomic E-state index is 12.0. The Morgan fingerprint density at radius 1 is 0.900 bits per heavy atom. The van der Waals surface area contributed by atoms with Crippen molar-refractivity contribution in [2.24, 2.45) is 5.10 Å². The Hall–Kier alpha value is -2.73. The lowest BCUT2D eigenvalue weighted by molar-refractivity contribution is -0.123. The van der Waals surface area contributed by atoms with Crippen LogP contribution in [-0.4, -0.2) is 18.7 Å². The quantitative estimate of drug-likeness (QED) is 0.341. The molecule has 3 aromatic carbocycles. The fraction of sp³-hybridized carbons (Fsp3) is 0.0909. The fourth-order valence-corrected chi connectivity index (χ4v) is 2.88. The first-order chi connectivity index (χ1) is 14.5. The lowest BCUT2D eigenvalue weighted by Gasteiger charge is -2.09. The molecule has 0 aliphatic rings. The third kappa shape index (κ3) is 6.39. The number of benzene rings is 3. The summed E-state index contributed by atoms with van der Waals surface area (Å²) in [6.07, 6.45) is 1.50. The van der Waals surface area contributed by atoms with Crippen molar-refractivity contribution in [2.45, 2.75) is 6.61 Å². The molecule has 1 N–H and O–H groups in total. The zero-order valence-electron chi connectivity index (χ0n) is 15.6. The number of hydrazone groups is 1. The van der Waals surface area contributed by atoms with Crippen molar-refractivity contribution < 1.29 is 14.3 Å². The number of carbonyl (C=O) groups is 1. The van der Waals surface area contributed by atoms with Crippen LogP contribution in [-0.2, 0) is 11.4 Å². The smallest absolute Gasteiger partial charge is 0.277 e. The molecule has 0 fully saturated rings. The van der Waals surface area contributed by atoms with Crippen molar-refractivity contribution >= 4 is 46.9 Å². The van der Waals surface area contributed by atoms with Crippen molar-refractivity contribution in [3.05, 3.63) is 92.9 Å². The van der Waals surface area contributed by atoms with Gasteiger partial charge >= 0.3 is 0 Å². The predicted molar refractivity (Wildman–Crippen MR) is 120 cm³/mol. The maximum absolute atomic E-state index is 12.0. The summed E-state index contributed by atoms with van der Waals surface area (Å²) in [4.78, 5) is 12.0. The normalized spacial score (nSPS) is 10.8. The molecule has 0 saturated heterocycles. The van der Waals surface area contributed by atoms with Crippen LogP contribution >= 0.6 is 34.8 Å². The largest absolute Gasteiger partial charge is 0.488 e. The predicted octanol–water partition coefficient (Wildman–Crippen LogP) is 5.75. The molecule has 0 bridgehead atoms. The summed E-state index contributed by atoms with van der Waals surface area (Å²) in [5, 5.41) is 5.23. The van der Waals surface area contributed by atoms with E-state index in [0.717, 1.165) is 5.56 Å². The lowest BCUT2D eigenvalue weighted by Crippen LogP contribution is -2.24. The number of hydrogen-bond donors (Lipinski definition) is 1. The Bertz CT molecular complexity index is 1040. The first-order valence-electron chi connectivity index (χ1n) is 8.88. The highest BCUT2D eigenvalue weighted by Gasteiger charge is 2.08. The highest BCUT2D eigenvalue weighted by Crippen LogP contribution is 2.31. The van der Waals surface area contributed by atoms with E-state index in [9.17, 15) is 4.79 Å². The van der Waals surface area contributed by atoms with Gasteiger partial charge in [-0.2, -0.15) is 5.10 Å². The fourth-order valence-electron chi connectivity index (χ4n) is 2.41. The van der Waals surface area contributed by atoms with E-state index >= 15 is 0 Å². The first kappa shape index (κ1) is 22.0. The Kier molecular flexibility index (Phi) is 7.97. The van der Waals surface area contributed by atoms with Crippen molar-refractivity contribution in [3.63, 3.8) is 0 Å². The molecule has 0 aliphatic carbocycles. The second-order valence-electron chi connectivity index (χ2n) is 6.09. The minimum atomic E-state index is -0.443. The number of nitrogens with zero attached hydrogens (tertiary/aromatic N) is 1. The van der Waals surface area contributed by atoms with Gasteiger partial charge in [-0.25, -0.2) is 5.43 Å². The molecule has 5 nitrogen and oxygen atoms in total. The van der Waals surface area contributed by atoms with Gasteiger partial charge in [0.1, 0.15) is 23.1 Å². The molecule has 8 heteroatoms. The molecule has 0 saturated carbocycles. The van der Waals surface area contributed by atoms with Crippen LogP contribution in [0.15, 0.2) is 71.8 Å².